The van der Waals surface area contributed by atoms with Gasteiger partial charge in [-0.3, -0.25) is 19.1 Å². The van der Waals surface area contributed by atoms with Crippen LogP contribution in [0.15, 0.2) is 30.3 Å². The van der Waals surface area contributed by atoms with Gasteiger partial charge in [-0.25, -0.2) is 0 Å². The molecule has 0 radical (unpaired) electrons. The van der Waals surface area contributed by atoms with Crippen molar-refractivity contribution in [2.24, 2.45) is 28.9 Å². The van der Waals surface area contributed by atoms with Crippen LogP contribution in [0, 0.1) is 12.8 Å². The number of carbonyl (C=O) groups excluding carboxylic acids is 3. The van der Waals surface area contributed by atoms with E-state index < -0.39 is 35.3 Å². The van der Waals surface area contributed by atoms with E-state index in [4.69, 9.17) is 38.1 Å². The van der Waals surface area contributed by atoms with Gasteiger partial charge in [0.05, 0.1) is 31.1 Å². The standard InChI is InChI=1S/C30H39N9O5/c1-4-39-20(8-14(2)38-39)29(42)37-30(35)24-15(13-44-21-11-16(27(33)40)9-18(23(21)24)26(30)32)6-5-7-36-25-19(31)10-17(28(34)41)12-22(25)43-3/h8-12,15,24,26,36H,4-7,13,31-32,35H2,1-3H3,(H2,33,40)(H2,34,41)(H,37,42)/t15?,24?,26?,30-/m1/s1. The second-order valence-electron chi connectivity index (χ2n) is 11.3. The highest BCUT2D eigenvalue weighted by atomic mass is 16.5. The molecule has 14 nitrogen and oxygen atoms in total. The number of primary amides is 2. The molecule has 3 amide bonds. The first-order chi connectivity index (χ1) is 20.9. The second kappa shape index (κ2) is 11.7. The fraction of sp³-hybridized carbons (Fsp3) is 0.400. The largest absolute Gasteiger partial charge is 0.494 e. The number of benzene rings is 2. The highest BCUT2D eigenvalue weighted by Gasteiger charge is 2.56. The van der Waals surface area contributed by atoms with E-state index in [2.05, 4.69) is 15.7 Å². The van der Waals surface area contributed by atoms with Crippen molar-refractivity contribution in [2.45, 2.75) is 50.9 Å². The molecular formula is C30H39N9O5. The lowest BCUT2D eigenvalue weighted by molar-refractivity contribution is 0.0781. The average Bonchev–Trinajstić information content (AvgIpc) is 3.48. The summed E-state index contributed by atoms with van der Waals surface area (Å²) >= 11 is 0. The molecule has 14 heteroatoms. The van der Waals surface area contributed by atoms with Gasteiger partial charge in [0.15, 0.2) is 0 Å². The van der Waals surface area contributed by atoms with Crippen molar-refractivity contribution in [1.29, 1.82) is 0 Å². The molecule has 3 unspecified atom stereocenters. The zero-order valence-corrected chi connectivity index (χ0v) is 25.0. The number of nitrogens with one attached hydrogen (secondary N) is 2. The van der Waals surface area contributed by atoms with Crippen LogP contribution in [0.3, 0.4) is 0 Å². The minimum absolute atomic E-state index is 0.143. The van der Waals surface area contributed by atoms with E-state index in [1.807, 2.05) is 13.8 Å². The summed E-state index contributed by atoms with van der Waals surface area (Å²) in [5.41, 5.74) is 33.5. The topological polar surface area (TPSA) is 242 Å². The fourth-order valence-corrected chi connectivity index (χ4v) is 6.45. The molecule has 44 heavy (non-hydrogen) atoms. The molecule has 1 aromatic heterocycles. The van der Waals surface area contributed by atoms with E-state index in [0.29, 0.717) is 65.8 Å². The van der Waals surface area contributed by atoms with Gasteiger partial charge in [0.25, 0.3) is 5.91 Å². The normalized spacial score (nSPS) is 21.7. The van der Waals surface area contributed by atoms with Crippen molar-refractivity contribution in [3.8, 4) is 11.5 Å². The van der Waals surface area contributed by atoms with Gasteiger partial charge in [-0.2, -0.15) is 5.10 Å². The number of nitrogens with two attached hydrogens (primary N) is 5. The third-order valence-corrected chi connectivity index (χ3v) is 8.51. The van der Waals surface area contributed by atoms with Crippen LogP contribution in [0.2, 0.25) is 0 Å². The molecule has 234 valence electrons. The van der Waals surface area contributed by atoms with Crippen LogP contribution in [-0.2, 0) is 6.54 Å². The Morgan fingerprint density at radius 2 is 1.84 bits per heavy atom. The zero-order chi connectivity index (χ0) is 31.9. The van der Waals surface area contributed by atoms with Crippen LogP contribution in [0.4, 0.5) is 11.4 Å². The molecule has 0 saturated heterocycles. The summed E-state index contributed by atoms with van der Waals surface area (Å²) < 4.78 is 13.2. The van der Waals surface area contributed by atoms with Gasteiger partial charge >= 0.3 is 0 Å². The predicted octanol–water partition coefficient (Wildman–Crippen LogP) is 1.08. The Morgan fingerprint density at radius 3 is 2.50 bits per heavy atom. The third-order valence-electron chi connectivity index (χ3n) is 8.51. The predicted molar refractivity (Wildman–Crippen MR) is 164 cm³/mol. The number of nitrogen functional groups attached to an aromatic ring is 1. The quantitative estimate of drug-likeness (QED) is 0.0931. The Morgan fingerprint density at radius 1 is 1.14 bits per heavy atom. The lowest BCUT2D eigenvalue weighted by Crippen LogP contribution is -2.64. The zero-order valence-electron chi connectivity index (χ0n) is 25.0. The van der Waals surface area contributed by atoms with E-state index in [1.54, 1.807) is 22.9 Å². The highest BCUT2D eigenvalue weighted by molar-refractivity contribution is 5.96. The number of aryl methyl sites for hydroxylation is 2. The van der Waals surface area contributed by atoms with Gasteiger partial charge in [0.2, 0.25) is 11.8 Å². The smallest absolute Gasteiger partial charge is 0.271 e. The third kappa shape index (κ3) is 5.26. The Kier molecular flexibility index (Phi) is 8.14. The second-order valence-corrected chi connectivity index (χ2v) is 11.3. The van der Waals surface area contributed by atoms with Crippen LogP contribution < -0.4 is 48.8 Å². The van der Waals surface area contributed by atoms with Gasteiger partial charge in [0.1, 0.15) is 28.5 Å². The molecule has 2 aliphatic rings. The van der Waals surface area contributed by atoms with Crippen molar-refractivity contribution in [2.75, 3.05) is 31.3 Å². The van der Waals surface area contributed by atoms with Crippen molar-refractivity contribution in [3.63, 3.8) is 0 Å². The number of nitrogens with zero attached hydrogens (tertiary/aromatic N) is 2. The number of aromatic nitrogens is 2. The van der Waals surface area contributed by atoms with Crippen LogP contribution >= 0.6 is 0 Å². The first-order valence-electron chi connectivity index (χ1n) is 14.4. The van der Waals surface area contributed by atoms with Crippen molar-refractivity contribution >= 4 is 29.1 Å². The van der Waals surface area contributed by atoms with Crippen LogP contribution in [-0.4, -0.2) is 53.4 Å². The van der Waals surface area contributed by atoms with Gasteiger partial charge < -0.3 is 48.8 Å². The fourth-order valence-electron chi connectivity index (χ4n) is 6.45. The summed E-state index contributed by atoms with van der Waals surface area (Å²) in [5, 5.41) is 10.7. The summed E-state index contributed by atoms with van der Waals surface area (Å²) in [4.78, 5) is 37.4. The molecule has 2 heterocycles. The molecule has 1 aliphatic heterocycles. The number of methoxy groups -OCH3 is 1. The molecule has 0 saturated carbocycles. The van der Waals surface area contributed by atoms with E-state index in [-0.39, 0.29) is 23.7 Å². The minimum atomic E-state index is -1.40. The Balaban J connectivity index is 1.41. The Hall–Kier alpha value is -4.82. The number of amides is 3. The molecule has 0 fully saturated rings. The average molecular weight is 606 g/mol. The molecule has 4 atom stereocenters. The molecule has 1 aliphatic carbocycles. The number of anilines is 2. The molecule has 2 aromatic carbocycles. The lowest BCUT2D eigenvalue weighted by Gasteiger charge is -2.42. The van der Waals surface area contributed by atoms with Crippen molar-refractivity contribution in [3.05, 3.63) is 64.0 Å². The van der Waals surface area contributed by atoms with Gasteiger partial charge in [-0.05, 0) is 62.6 Å². The molecule has 12 N–H and O–H groups in total. The Labute approximate surface area is 254 Å². The van der Waals surface area contributed by atoms with Crippen molar-refractivity contribution < 1.29 is 23.9 Å². The Bertz CT molecular complexity index is 1640. The number of hydrogen-bond acceptors (Lipinski definition) is 10. The SMILES string of the molecule is CCn1nc(C)cc1C(=O)N[C@@]1(N)C(N)c2cc(C(N)=O)cc3c2C1C(CCCNc1c(N)cc(C(N)=O)cc1OC)CO3. The van der Waals surface area contributed by atoms with Gasteiger partial charge in [0, 0.05) is 41.6 Å². The van der Waals surface area contributed by atoms with Crippen LogP contribution in [0.5, 0.6) is 11.5 Å². The maximum absolute atomic E-state index is 13.6. The number of hydrogen-bond donors (Lipinski definition) is 7. The maximum atomic E-state index is 13.6. The molecule has 0 spiro atoms. The minimum Gasteiger partial charge on any atom is -0.494 e. The summed E-state index contributed by atoms with van der Waals surface area (Å²) in [5.74, 6) is -1.31. The van der Waals surface area contributed by atoms with Gasteiger partial charge in [-0.1, -0.05) is 0 Å². The summed E-state index contributed by atoms with van der Waals surface area (Å²) in [6.45, 7) is 5.00. The van der Waals surface area contributed by atoms with Crippen molar-refractivity contribution in [1.82, 2.24) is 15.1 Å². The van der Waals surface area contributed by atoms with E-state index in [0.717, 1.165) is 5.56 Å². The first-order valence-corrected chi connectivity index (χ1v) is 14.4. The first kappa shape index (κ1) is 30.6. The number of ether oxygens (including phenoxy) is 2. The molecule has 0 bridgehead atoms. The van der Waals surface area contributed by atoms with Gasteiger partial charge in [-0.15, -0.1) is 0 Å². The molecule has 5 rings (SSSR count). The molecule has 3 aromatic rings. The van der Waals surface area contributed by atoms with E-state index in [9.17, 15) is 14.4 Å². The van der Waals surface area contributed by atoms with E-state index in [1.165, 1.54) is 19.2 Å². The lowest BCUT2D eigenvalue weighted by atomic mass is 9.77. The summed E-state index contributed by atoms with van der Waals surface area (Å²) in [7, 11) is 1.48. The summed E-state index contributed by atoms with van der Waals surface area (Å²) in [6, 6.07) is 7.13. The summed E-state index contributed by atoms with van der Waals surface area (Å²) in [6.07, 6.45) is 1.30. The van der Waals surface area contributed by atoms with Crippen LogP contribution in [0.1, 0.15) is 79.8 Å². The molecular weight excluding hydrogens is 566 g/mol. The maximum Gasteiger partial charge on any atom is 0.271 e. The number of carbonyl (C=O) groups is 3. The number of rotatable bonds is 11. The van der Waals surface area contributed by atoms with Crippen LogP contribution in [0.25, 0.3) is 0 Å². The monoisotopic (exact) mass is 605 g/mol. The highest BCUT2D eigenvalue weighted by Crippen LogP contribution is 2.55. The van der Waals surface area contributed by atoms with E-state index >= 15 is 0 Å².